The third-order valence-electron chi connectivity index (χ3n) is 6.41. The second kappa shape index (κ2) is 10.5. The van der Waals surface area contributed by atoms with Gasteiger partial charge in [-0.15, -0.1) is 0 Å². The molecule has 3 aromatic carbocycles. The number of hydrogen-bond donors (Lipinski definition) is 0. The van der Waals surface area contributed by atoms with Gasteiger partial charge in [-0.05, 0) is 54.5 Å². The number of carbonyl (C=O) groups excluding carboxylic acids is 1. The molecule has 0 bridgehead atoms. The fraction of sp³-hybridized carbons (Fsp3) is 0.207. The number of esters is 1. The van der Waals surface area contributed by atoms with Crippen molar-refractivity contribution in [3.05, 3.63) is 102 Å². The van der Waals surface area contributed by atoms with Crippen molar-refractivity contribution in [3.63, 3.8) is 0 Å². The van der Waals surface area contributed by atoms with Gasteiger partial charge in [0.15, 0.2) is 4.80 Å². The van der Waals surface area contributed by atoms with Crippen molar-refractivity contribution < 1.29 is 19.0 Å². The Morgan fingerprint density at radius 1 is 1.11 bits per heavy atom. The highest BCUT2D eigenvalue weighted by molar-refractivity contribution is 7.07. The molecule has 1 aromatic heterocycles. The second-order valence-electron chi connectivity index (χ2n) is 8.60. The first-order valence-corrected chi connectivity index (χ1v) is 13.2. The number of methoxy groups -OCH3 is 2. The lowest BCUT2D eigenvalue weighted by atomic mass is 9.90. The van der Waals surface area contributed by atoms with Gasteiger partial charge in [-0.3, -0.25) is 9.36 Å². The van der Waals surface area contributed by atoms with Gasteiger partial charge in [0.1, 0.15) is 17.5 Å². The van der Waals surface area contributed by atoms with Crippen molar-refractivity contribution in [3.8, 4) is 11.5 Å². The molecule has 0 N–H and O–H groups in total. The van der Waals surface area contributed by atoms with Crippen molar-refractivity contribution in [2.24, 2.45) is 4.99 Å². The molecule has 0 saturated carbocycles. The summed E-state index contributed by atoms with van der Waals surface area (Å²) in [5.41, 5.74) is 1.94. The Hall–Kier alpha value is -3.88. The summed E-state index contributed by atoms with van der Waals surface area (Å²) in [5.74, 6) is 0.578. The number of hydrogen-bond acceptors (Lipinski definition) is 7. The largest absolute Gasteiger partial charge is 0.496 e. The average Bonchev–Trinajstić information content (AvgIpc) is 3.21. The minimum atomic E-state index is -0.798. The molecule has 194 valence electrons. The number of halogens is 1. The van der Waals surface area contributed by atoms with Crippen LogP contribution in [0.1, 0.15) is 31.0 Å². The monoisotopic (exact) mass is 548 g/mol. The number of nitrogens with zero attached hydrogens (tertiary/aromatic N) is 2. The van der Waals surface area contributed by atoms with Crippen molar-refractivity contribution >= 4 is 45.8 Å². The fourth-order valence-corrected chi connectivity index (χ4v) is 6.04. The van der Waals surface area contributed by atoms with Crippen LogP contribution in [-0.4, -0.2) is 31.4 Å². The highest BCUT2D eigenvalue weighted by atomic mass is 35.5. The molecule has 0 fully saturated rings. The first kappa shape index (κ1) is 25.8. The average molecular weight is 549 g/mol. The number of fused-ring (bicyclic) bond motifs is 2. The molecule has 38 heavy (non-hydrogen) atoms. The van der Waals surface area contributed by atoms with Gasteiger partial charge in [-0.2, -0.15) is 0 Å². The molecule has 1 aliphatic rings. The molecular weight excluding hydrogens is 524 g/mol. The van der Waals surface area contributed by atoms with E-state index in [0.29, 0.717) is 42.7 Å². The Morgan fingerprint density at radius 3 is 2.55 bits per heavy atom. The number of allylic oxidation sites excluding steroid dienone is 1. The van der Waals surface area contributed by atoms with Crippen molar-refractivity contribution in [1.29, 1.82) is 0 Å². The Kier molecular flexibility index (Phi) is 7.10. The summed E-state index contributed by atoms with van der Waals surface area (Å²) < 4.78 is 18.5. The summed E-state index contributed by atoms with van der Waals surface area (Å²) in [7, 11) is 3.12. The van der Waals surface area contributed by atoms with Crippen LogP contribution in [0.2, 0.25) is 5.02 Å². The van der Waals surface area contributed by atoms with E-state index in [1.165, 1.54) is 11.3 Å². The Morgan fingerprint density at radius 2 is 1.84 bits per heavy atom. The Balaban J connectivity index is 1.82. The number of benzene rings is 3. The number of rotatable bonds is 6. The van der Waals surface area contributed by atoms with Crippen LogP contribution in [0.3, 0.4) is 0 Å². The minimum Gasteiger partial charge on any atom is -0.496 e. The molecule has 0 spiro atoms. The molecule has 0 saturated heterocycles. The molecule has 9 heteroatoms. The zero-order valence-electron chi connectivity index (χ0n) is 21.3. The highest BCUT2D eigenvalue weighted by Crippen LogP contribution is 2.40. The maximum Gasteiger partial charge on any atom is 0.338 e. The SMILES string of the molecule is CCOC(=O)C1=C(C)N=c2s/c(=C/c3ccc(OC)c(Cl)c3)c(=O)n2[C@H]1c1c(OC)ccc2ccccc12. The van der Waals surface area contributed by atoms with Gasteiger partial charge in [0.05, 0.1) is 41.7 Å². The molecular formula is C29H25ClN2O5S. The molecule has 0 unspecified atom stereocenters. The van der Waals surface area contributed by atoms with Gasteiger partial charge in [0.25, 0.3) is 5.56 Å². The third-order valence-corrected chi connectivity index (χ3v) is 7.69. The van der Waals surface area contributed by atoms with E-state index in [1.54, 1.807) is 50.8 Å². The number of thiazole rings is 1. The predicted octanol–water partition coefficient (Wildman–Crippen LogP) is 4.62. The standard InChI is InChI=1S/C29H25ClN2O5S/c1-5-37-28(34)24-16(2)31-29-32(26(24)25-19-9-7-6-8-18(19)11-13-22(25)36-4)27(33)23(38-29)15-17-10-12-21(35-3)20(30)14-17/h6-15,26H,5H2,1-4H3/b23-15+/t26-/m1/s1. The number of ether oxygens (including phenoxy) is 3. The van der Waals surface area contributed by atoms with Crippen LogP contribution < -0.4 is 24.4 Å². The smallest absolute Gasteiger partial charge is 0.338 e. The lowest BCUT2D eigenvalue weighted by Crippen LogP contribution is -2.40. The molecule has 5 rings (SSSR count). The molecule has 1 atom stereocenters. The van der Waals surface area contributed by atoms with Crippen molar-refractivity contribution in [2.45, 2.75) is 19.9 Å². The molecule has 1 aliphatic heterocycles. The summed E-state index contributed by atoms with van der Waals surface area (Å²) in [6.45, 7) is 3.70. The van der Waals surface area contributed by atoms with Crippen LogP contribution in [0.15, 0.2) is 75.7 Å². The van der Waals surface area contributed by atoms with E-state index in [9.17, 15) is 9.59 Å². The maximum absolute atomic E-state index is 14.0. The lowest BCUT2D eigenvalue weighted by molar-refractivity contribution is -0.139. The first-order chi connectivity index (χ1) is 18.4. The zero-order valence-corrected chi connectivity index (χ0v) is 22.9. The van der Waals surface area contributed by atoms with Crippen LogP contribution in [0.25, 0.3) is 16.8 Å². The third kappa shape index (κ3) is 4.40. The van der Waals surface area contributed by atoms with E-state index in [4.69, 9.17) is 25.8 Å². The Labute approximate surface area is 227 Å². The quantitative estimate of drug-likeness (QED) is 0.328. The van der Waals surface area contributed by atoms with Gasteiger partial charge in [-0.25, -0.2) is 9.79 Å². The molecule has 7 nitrogen and oxygen atoms in total. The molecule has 0 aliphatic carbocycles. The van der Waals surface area contributed by atoms with Crippen LogP contribution in [0, 0.1) is 0 Å². The fourth-order valence-electron chi connectivity index (χ4n) is 4.72. The molecule has 2 heterocycles. The van der Waals surface area contributed by atoms with Crippen molar-refractivity contribution in [1.82, 2.24) is 4.57 Å². The van der Waals surface area contributed by atoms with Crippen LogP contribution in [0.4, 0.5) is 0 Å². The van der Waals surface area contributed by atoms with Gasteiger partial charge >= 0.3 is 5.97 Å². The van der Waals surface area contributed by atoms with Crippen LogP contribution in [-0.2, 0) is 9.53 Å². The van der Waals surface area contributed by atoms with Crippen LogP contribution >= 0.6 is 22.9 Å². The Bertz CT molecular complexity index is 1790. The van der Waals surface area contributed by atoms with Gasteiger partial charge in [0.2, 0.25) is 0 Å². The maximum atomic E-state index is 14.0. The first-order valence-electron chi connectivity index (χ1n) is 12.0. The van der Waals surface area contributed by atoms with Gasteiger partial charge in [0, 0.05) is 5.56 Å². The van der Waals surface area contributed by atoms with E-state index in [0.717, 1.165) is 16.3 Å². The minimum absolute atomic E-state index is 0.192. The summed E-state index contributed by atoms with van der Waals surface area (Å²) in [6, 6.07) is 16.1. The van der Waals surface area contributed by atoms with E-state index < -0.39 is 12.0 Å². The summed E-state index contributed by atoms with van der Waals surface area (Å²) >= 11 is 7.56. The van der Waals surface area contributed by atoms with Gasteiger partial charge < -0.3 is 14.2 Å². The van der Waals surface area contributed by atoms with Gasteiger partial charge in [-0.1, -0.05) is 59.3 Å². The lowest BCUT2D eigenvalue weighted by Gasteiger charge is -2.27. The number of aromatic nitrogens is 1. The van der Waals surface area contributed by atoms with Crippen LogP contribution in [0.5, 0.6) is 11.5 Å². The van der Waals surface area contributed by atoms with E-state index in [-0.39, 0.29) is 12.2 Å². The normalized spacial score (nSPS) is 15.3. The summed E-state index contributed by atoms with van der Waals surface area (Å²) in [5, 5.41) is 2.26. The molecule has 0 amide bonds. The summed E-state index contributed by atoms with van der Waals surface area (Å²) in [4.78, 5) is 32.4. The topological polar surface area (TPSA) is 79.1 Å². The number of carbonyl (C=O) groups is 1. The highest BCUT2D eigenvalue weighted by Gasteiger charge is 2.36. The predicted molar refractivity (Wildman–Crippen MR) is 149 cm³/mol. The van der Waals surface area contributed by atoms with Crippen molar-refractivity contribution in [2.75, 3.05) is 20.8 Å². The molecule has 4 aromatic rings. The second-order valence-corrected chi connectivity index (χ2v) is 10.0. The summed E-state index contributed by atoms with van der Waals surface area (Å²) in [6.07, 6.45) is 1.76. The van der Waals surface area contributed by atoms with E-state index in [2.05, 4.69) is 4.99 Å². The van der Waals surface area contributed by atoms with E-state index in [1.807, 2.05) is 42.5 Å². The molecule has 0 radical (unpaired) electrons. The zero-order chi connectivity index (χ0) is 27.0. The van der Waals surface area contributed by atoms with E-state index >= 15 is 0 Å².